The summed E-state index contributed by atoms with van der Waals surface area (Å²) in [7, 11) is 0. The Bertz CT molecular complexity index is 826. The van der Waals surface area contributed by atoms with Gasteiger partial charge in [0.1, 0.15) is 5.82 Å². The molecular weight excluding hydrogens is 348 g/mol. The van der Waals surface area contributed by atoms with E-state index in [1.807, 2.05) is 18.2 Å². The number of hydrogen-bond acceptors (Lipinski definition) is 6. The molecule has 0 radical (unpaired) electrons. The van der Waals surface area contributed by atoms with Crippen LogP contribution in [0.2, 0.25) is 0 Å². The first-order chi connectivity index (χ1) is 13.6. The van der Waals surface area contributed by atoms with Gasteiger partial charge in [0, 0.05) is 42.6 Å². The normalized spacial score (nSPS) is 16.4. The van der Waals surface area contributed by atoms with Gasteiger partial charge in [-0.1, -0.05) is 33.3 Å². The topological polar surface area (TPSA) is 76.9 Å². The molecule has 2 N–H and O–H groups in total. The Labute approximate surface area is 168 Å². The van der Waals surface area contributed by atoms with Gasteiger partial charge >= 0.3 is 0 Å². The molecule has 1 aromatic carbocycles. The third kappa shape index (κ3) is 5.43. The minimum absolute atomic E-state index is 0.486. The van der Waals surface area contributed by atoms with Crippen molar-refractivity contribution in [1.82, 2.24) is 15.3 Å². The second-order valence-corrected chi connectivity index (χ2v) is 7.72. The van der Waals surface area contributed by atoms with E-state index in [4.69, 9.17) is 15.2 Å². The highest BCUT2D eigenvalue weighted by Crippen LogP contribution is 2.23. The van der Waals surface area contributed by atoms with Crippen LogP contribution in [-0.4, -0.2) is 35.1 Å². The quantitative estimate of drug-likeness (QED) is 0.723. The fourth-order valence-corrected chi connectivity index (χ4v) is 3.56. The maximum absolute atomic E-state index is 9.12. The minimum atomic E-state index is 0.486. The van der Waals surface area contributed by atoms with Gasteiger partial charge in [0.2, 0.25) is 5.95 Å². The average Bonchev–Trinajstić information content (AvgIpc) is 3.14. The standard InChI is InChI=1S/C22H30N6/c1-4-5-8-19-13-21(28-11-10-20(15-28)24-16(2)3)27-22(26-19)25-18-9-6-7-17(12-18)14-23/h6-7,9,12-13,16,20,24H,4-5,8,10-11,15H2,1-3H3,(H,25,26,27). The smallest absolute Gasteiger partial charge is 0.229 e. The number of nitriles is 1. The lowest BCUT2D eigenvalue weighted by Gasteiger charge is -2.20. The van der Waals surface area contributed by atoms with Gasteiger partial charge < -0.3 is 15.5 Å². The van der Waals surface area contributed by atoms with E-state index in [0.717, 1.165) is 56.0 Å². The Balaban J connectivity index is 1.81. The van der Waals surface area contributed by atoms with Crippen LogP contribution in [0.3, 0.4) is 0 Å². The monoisotopic (exact) mass is 378 g/mol. The van der Waals surface area contributed by atoms with Crippen molar-refractivity contribution in [3.05, 3.63) is 41.6 Å². The number of aryl methyl sites for hydroxylation is 1. The van der Waals surface area contributed by atoms with Crippen LogP contribution in [0.15, 0.2) is 30.3 Å². The first-order valence-corrected chi connectivity index (χ1v) is 10.2. The second-order valence-electron chi connectivity index (χ2n) is 7.72. The van der Waals surface area contributed by atoms with Gasteiger partial charge in [0.15, 0.2) is 0 Å². The van der Waals surface area contributed by atoms with Crippen molar-refractivity contribution in [1.29, 1.82) is 5.26 Å². The van der Waals surface area contributed by atoms with Gasteiger partial charge in [-0.15, -0.1) is 0 Å². The van der Waals surface area contributed by atoms with E-state index in [9.17, 15) is 0 Å². The fourth-order valence-electron chi connectivity index (χ4n) is 3.56. The summed E-state index contributed by atoms with van der Waals surface area (Å²) in [5, 5.41) is 16.0. The van der Waals surface area contributed by atoms with Crippen LogP contribution in [-0.2, 0) is 6.42 Å². The Kier molecular flexibility index (Phi) is 6.83. The predicted molar refractivity (Wildman–Crippen MR) is 114 cm³/mol. The third-order valence-corrected chi connectivity index (χ3v) is 4.88. The van der Waals surface area contributed by atoms with Gasteiger partial charge in [-0.2, -0.15) is 10.2 Å². The minimum Gasteiger partial charge on any atom is -0.355 e. The number of nitrogens with zero attached hydrogens (tertiary/aromatic N) is 4. The van der Waals surface area contributed by atoms with Gasteiger partial charge in [-0.3, -0.25) is 0 Å². The molecule has 1 unspecified atom stereocenters. The molecule has 1 aromatic heterocycles. The number of nitrogens with one attached hydrogen (secondary N) is 2. The van der Waals surface area contributed by atoms with Crippen LogP contribution in [0.1, 0.15) is 51.3 Å². The van der Waals surface area contributed by atoms with Crippen molar-refractivity contribution in [3.8, 4) is 6.07 Å². The first kappa shape index (κ1) is 20.1. The van der Waals surface area contributed by atoms with Crippen molar-refractivity contribution in [2.24, 2.45) is 0 Å². The van der Waals surface area contributed by atoms with E-state index in [-0.39, 0.29) is 0 Å². The summed E-state index contributed by atoms with van der Waals surface area (Å²) in [4.78, 5) is 11.8. The van der Waals surface area contributed by atoms with Crippen molar-refractivity contribution in [3.63, 3.8) is 0 Å². The lowest BCUT2D eigenvalue weighted by atomic mass is 10.2. The molecule has 1 aliphatic rings. The molecular formula is C22H30N6. The molecule has 2 heterocycles. The van der Waals surface area contributed by atoms with Gasteiger partial charge in [-0.25, -0.2) is 4.98 Å². The van der Waals surface area contributed by atoms with Crippen LogP contribution in [0.4, 0.5) is 17.5 Å². The highest BCUT2D eigenvalue weighted by molar-refractivity contribution is 5.58. The molecule has 1 fully saturated rings. The van der Waals surface area contributed by atoms with Crippen molar-refractivity contribution < 1.29 is 0 Å². The molecule has 6 nitrogen and oxygen atoms in total. The van der Waals surface area contributed by atoms with E-state index in [1.165, 1.54) is 0 Å². The number of hydrogen-bond donors (Lipinski definition) is 2. The highest BCUT2D eigenvalue weighted by atomic mass is 15.3. The van der Waals surface area contributed by atoms with Crippen LogP contribution in [0.25, 0.3) is 0 Å². The van der Waals surface area contributed by atoms with Crippen LogP contribution >= 0.6 is 0 Å². The molecule has 6 heteroatoms. The van der Waals surface area contributed by atoms with E-state index in [0.29, 0.717) is 23.6 Å². The Morgan fingerprint density at radius 2 is 2.14 bits per heavy atom. The zero-order valence-corrected chi connectivity index (χ0v) is 17.1. The Morgan fingerprint density at radius 3 is 2.89 bits per heavy atom. The molecule has 0 aliphatic carbocycles. The molecule has 0 amide bonds. The Morgan fingerprint density at radius 1 is 1.29 bits per heavy atom. The summed E-state index contributed by atoms with van der Waals surface area (Å²) in [5.74, 6) is 1.58. The molecule has 0 spiro atoms. The lowest BCUT2D eigenvalue weighted by Crippen LogP contribution is -2.37. The summed E-state index contributed by atoms with van der Waals surface area (Å²) >= 11 is 0. The maximum Gasteiger partial charge on any atom is 0.229 e. The van der Waals surface area contributed by atoms with E-state index in [1.54, 1.807) is 6.07 Å². The zero-order chi connectivity index (χ0) is 19.9. The SMILES string of the molecule is CCCCc1cc(N2CCC(NC(C)C)C2)nc(Nc2cccc(C#N)c2)n1. The summed E-state index contributed by atoms with van der Waals surface area (Å²) in [6.45, 7) is 8.53. The van der Waals surface area contributed by atoms with Gasteiger partial charge in [-0.05, 0) is 37.5 Å². The predicted octanol–water partition coefficient (Wildman–Crippen LogP) is 4.01. The number of aromatic nitrogens is 2. The van der Waals surface area contributed by atoms with Crippen molar-refractivity contribution in [2.75, 3.05) is 23.3 Å². The molecule has 148 valence electrons. The second kappa shape index (κ2) is 9.52. The summed E-state index contributed by atoms with van der Waals surface area (Å²) in [6, 6.07) is 12.7. The number of unbranched alkanes of at least 4 members (excludes halogenated alkanes) is 1. The van der Waals surface area contributed by atoms with E-state index in [2.05, 4.69) is 48.4 Å². The molecule has 0 saturated carbocycles. The Hall–Kier alpha value is -2.65. The van der Waals surface area contributed by atoms with Crippen molar-refractivity contribution >= 4 is 17.5 Å². The number of rotatable bonds is 8. The largest absolute Gasteiger partial charge is 0.355 e. The molecule has 1 aliphatic heterocycles. The van der Waals surface area contributed by atoms with Gasteiger partial charge in [0.25, 0.3) is 0 Å². The van der Waals surface area contributed by atoms with Crippen LogP contribution < -0.4 is 15.5 Å². The zero-order valence-electron chi connectivity index (χ0n) is 17.1. The molecule has 28 heavy (non-hydrogen) atoms. The van der Waals surface area contributed by atoms with Crippen LogP contribution in [0.5, 0.6) is 0 Å². The molecule has 1 saturated heterocycles. The van der Waals surface area contributed by atoms with E-state index < -0.39 is 0 Å². The molecule has 0 bridgehead atoms. The number of anilines is 3. The van der Waals surface area contributed by atoms with Gasteiger partial charge in [0.05, 0.1) is 11.6 Å². The summed E-state index contributed by atoms with van der Waals surface area (Å²) < 4.78 is 0. The third-order valence-electron chi connectivity index (χ3n) is 4.88. The number of benzene rings is 1. The summed E-state index contributed by atoms with van der Waals surface area (Å²) in [5.41, 5.74) is 2.51. The van der Waals surface area contributed by atoms with Crippen LogP contribution in [0, 0.1) is 11.3 Å². The average molecular weight is 379 g/mol. The lowest BCUT2D eigenvalue weighted by molar-refractivity contribution is 0.492. The maximum atomic E-state index is 9.12. The molecule has 2 aromatic rings. The van der Waals surface area contributed by atoms with E-state index >= 15 is 0 Å². The highest BCUT2D eigenvalue weighted by Gasteiger charge is 2.24. The first-order valence-electron chi connectivity index (χ1n) is 10.2. The molecule has 1 atom stereocenters. The molecule has 3 rings (SSSR count). The fraction of sp³-hybridized carbons (Fsp3) is 0.500. The van der Waals surface area contributed by atoms with Crippen molar-refractivity contribution in [2.45, 2.75) is 58.5 Å². The summed E-state index contributed by atoms with van der Waals surface area (Å²) in [6.07, 6.45) is 4.31.